The average molecular weight is 399 g/mol. The molecule has 0 saturated heterocycles. The Morgan fingerprint density at radius 1 is 1.35 bits per heavy atom. The van der Waals surface area contributed by atoms with E-state index in [0.29, 0.717) is 6.42 Å². The molecule has 2 N–H and O–H groups in total. The second-order valence-electron chi connectivity index (χ2n) is 5.36. The number of halogens is 3. The molecule has 3 rings (SSSR count). The van der Waals surface area contributed by atoms with Crippen molar-refractivity contribution >= 4 is 45.1 Å². The highest BCUT2D eigenvalue weighted by atomic mass is 35.5. The predicted octanol–water partition coefficient (Wildman–Crippen LogP) is 3.61. The van der Waals surface area contributed by atoms with Gasteiger partial charge in [-0.2, -0.15) is 0 Å². The first-order valence-corrected chi connectivity index (χ1v) is 9.29. The Morgan fingerprint density at radius 3 is 2.85 bits per heavy atom. The van der Waals surface area contributed by atoms with E-state index >= 15 is 0 Å². The molecule has 0 amide bonds. The van der Waals surface area contributed by atoms with Gasteiger partial charge in [-0.15, -0.1) is 0 Å². The Labute approximate surface area is 154 Å². The minimum Gasteiger partial charge on any atom is -0.345 e. The number of aromatic nitrogens is 3. The van der Waals surface area contributed by atoms with E-state index in [1.54, 1.807) is 0 Å². The molecule has 1 unspecified atom stereocenters. The molecular formula is C16H13ClF2N4O2S. The van der Waals surface area contributed by atoms with Gasteiger partial charge in [-0.05, 0) is 18.6 Å². The molecule has 136 valence electrons. The summed E-state index contributed by atoms with van der Waals surface area (Å²) < 4.78 is 43.2. The highest BCUT2D eigenvalue weighted by Gasteiger charge is 2.25. The van der Waals surface area contributed by atoms with Gasteiger partial charge >= 0.3 is 0 Å². The quantitative estimate of drug-likeness (QED) is 0.490. The molecule has 0 aliphatic carbocycles. The fourth-order valence-corrected chi connectivity index (χ4v) is 3.55. The Morgan fingerprint density at radius 2 is 2.12 bits per heavy atom. The molecule has 0 saturated carbocycles. The number of benzene rings is 1. The lowest BCUT2D eigenvalue weighted by Gasteiger charge is -2.10. The number of nitrogens with zero attached hydrogens (tertiary/aromatic N) is 2. The summed E-state index contributed by atoms with van der Waals surface area (Å²) in [6, 6.07) is 2.04. The largest absolute Gasteiger partial charge is 0.345 e. The maximum atomic E-state index is 14.7. The number of ketones is 1. The van der Waals surface area contributed by atoms with Gasteiger partial charge in [-0.3, -0.25) is 4.79 Å². The molecule has 1 atom stereocenters. The lowest BCUT2D eigenvalue weighted by molar-refractivity contribution is 0.103. The van der Waals surface area contributed by atoms with Gasteiger partial charge in [0.25, 0.3) is 0 Å². The summed E-state index contributed by atoms with van der Waals surface area (Å²) in [4.78, 5) is 23.2. The number of hydrogen-bond acceptors (Lipinski definition) is 4. The zero-order valence-electron chi connectivity index (χ0n) is 13.5. The number of carbonyl (C=O) groups is 1. The second-order valence-corrected chi connectivity index (χ2v) is 7.02. The topological polar surface area (TPSA) is 87.7 Å². The highest BCUT2D eigenvalue weighted by Crippen LogP contribution is 2.29. The van der Waals surface area contributed by atoms with Crippen molar-refractivity contribution in [2.24, 2.45) is 0 Å². The molecule has 10 heteroatoms. The van der Waals surface area contributed by atoms with E-state index in [1.807, 2.05) is 6.92 Å². The van der Waals surface area contributed by atoms with Crippen LogP contribution in [0.3, 0.4) is 0 Å². The average Bonchev–Trinajstić information content (AvgIpc) is 3.03. The van der Waals surface area contributed by atoms with Crippen molar-refractivity contribution in [1.82, 2.24) is 15.0 Å². The van der Waals surface area contributed by atoms with Gasteiger partial charge in [0.05, 0.1) is 22.2 Å². The Bertz CT molecular complexity index is 1020. The van der Waals surface area contributed by atoms with Crippen LogP contribution in [0, 0.1) is 11.6 Å². The molecule has 0 radical (unpaired) electrons. The number of carbonyl (C=O) groups excluding carboxylic acids is 1. The standard InChI is InChI=1S/C16H13ClF2N4O2S/c1-2-5-26(25)23-10-4-3-9(18)12(13(10)19)14(24)8-6-20-16-11(8)15(17)21-7-22-16/h3-4,6-7,23H,2,5H2,1H3,(H,20,21,22). The molecule has 2 aromatic heterocycles. The van der Waals surface area contributed by atoms with Gasteiger partial charge in [-0.1, -0.05) is 18.5 Å². The van der Waals surface area contributed by atoms with Gasteiger partial charge in [-0.25, -0.2) is 23.0 Å². The van der Waals surface area contributed by atoms with Gasteiger partial charge in [0, 0.05) is 11.9 Å². The van der Waals surface area contributed by atoms with Crippen LogP contribution in [0.4, 0.5) is 14.5 Å². The van der Waals surface area contributed by atoms with Gasteiger partial charge in [0.2, 0.25) is 5.78 Å². The van der Waals surface area contributed by atoms with Crippen LogP contribution < -0.4 is 4.72 Å². The Kier molecular flexibility index (Phi) is 5.28. The fraction of sp³-hybridized carbons (Fsp3) is 0.188. The normalized spacial score (nSPS) is 12.3. The third kappa shape index (κ3) is 3.32. The van der Waals surface area contributed by atoms with Gasteiger partial charge < -0.3 is 9.71 Å². The maximum absolute atomic E-state index is 14.7. The van der Waals surface area contributed by atoms with Crippen molar-refractivity contribution in [3.05, 3.63) is 52.6 Å². The zero-order valence-corrected chi connectivity index (χ0v) is 15.0. The smallest absolute Gasteiger partial charge is 0.201 e. The number of nitrogens with one attached hydrogen (secondary N) is 2. The second kappa shape index (κ2) is 7.46. The lowest BCUT2D eigenvalue weighted by atomic mass is 10.0. The van der Waals surface area contributed by atoms with Gasteiger partial charge in [0.15, 0.2) is 5.82 Å². The highest BCUT2D eigenvalue weighted by molar-refractivity contribution is 7.86. The lowest BCUT2D eigenvalue weighted by Crippen LogP contribution is -2.13. The summed E-state index contributed by atoms with van der Waals surface area (Å²) in [5, 5.41) is 0.157. The molecule has 0 bridgehead atoms. The molecule has 26 heavy (non-hydrogen) atoms. The maximum Gasteiger partial charge on any atom is 0.201 e. The summed E-state index contributed by atoms with van der Waals surface area (Å²) in [5.74, 6) is -2.80. The molecule has 0 aliphatic rings. The molecule has 6 nitrogen and oxygen atoms in total. The molecule has 1 aromatic carbocycles. The van der Waals surface area contributed by atoms with Crippen LogP contribution in [0.25, 0.3) is 11.0 Å². The minimum atomic E-state index is -1.54. The van der Waals surface area contributed by atoms with E-state index in [4.69, 9.17) is 11.6 Å². The van der Waals surface area contributed by atoms with Crippen molar-refractivity contribution < 1.29 is 17.8 Å². The van der Waals surface area contributed by atoms with Crippen LogP contribution in [0.5, 0.6) is 0 Å². The summed E-state index contributed by atoms with van der Waals surface area (Å²) >= 11 is 5.99. The Hall–Kier alpha value is -2.39. The third-order valence-corrected chi connectivity index (χ3v) is 5.11. The summed E-state index contributed by atoms with van der Waals surface area (Å²) in [6.45, 7) is 1.82. The SMILES string of the molecule is CCCS(=O)Nc1ccc(F)c(C(=O)c2c[nH]c3ncnc(Cl)c23)c1F. The van der Waals surface area contributed by atoms with Gasteiger partial charge in [0.1, 0.15) is 33.9 Å². The van der Waals surface area contributed by atoms with E-state index in [2.05, 4.69) is 19.7 Å². The van der Waals surface area contributed by atoms with Crippen molar-refractivity contribution in [3.8, 4) is 0 Å². The number of H-pyrrole nitrogens is 1. The number of hydrogen-bond donors (Lipinski definition) is 2. The van der Waals surface area contributed by atoms with E-state index in [9.17, 15) is 17.8 Å². The molecular weight excluding hydrogens is 386 g/mol. The zero-order chi connectivity index (χ0) is 18.8. The van der Waals surface area contributed by atoms with Crippen molar-refractivity contribution in [3.63, 3.8) is 0 Å². The number of aromatic amines is 1. The predicted molar refractivity (Wildman–Crippen MR) is 95.6 cm³/mol. The Balaban J connectivity index is 2.08. The monoisotopic (exact) mass is 398 g/mol. The molecule has 2 heterocycles. The summed E-state index contributed by atoms with van der Waals surface area (Å²) in [5.41, 5.74) is -0.782. The molecule has 3 aromatic rings. The van der Waals surface area contributed by atoms with Crippen LogP contribution >= 0.6 is 11.6 Å². The molecule has 0 fully saturated rings. The fourth-order valence-electron chi connectivity index (χ4n) is 2.44. The van der Waals surface area contributed by atoms with Crippen LogP contribution in [0.15, 0.2) is 24.7 Å². The third-order valence-electron chi connectivity index (χ3n) is 3.60. The first-order valence-electron chi connectivity index (χ1n) is 7.59. The summed E-state index contributed by atoms with van der Waals surface area (Å²) in [7, 11) is -1.54. The first kappa shape index (κ1) is 18.4. The number of anilines is 1. The number of rotatable bonds is 6. The minimum absolute atomic E-state index is 0.0151. The van der Waals surface area contributed by atoms with Crippen LogP contribution in [0.1, 0.15) is 29.3 Å². The van der Waals surface area contributed by atoms with E-state index in [1.165, 1.54) is 12.5 Å². The molecule has 0 spiro atoms. The first-order chi connectivity index (χ1) is 12.4. The van der Waals surface area contributed by atoms with Crippen molar-refractivity contribution in [2.75, 3.05) is 10.5 Å². The van der Waals surface area contributed by atoms with Crippen LogP contribution in [-0.2, 0) is 11.0 Å². The van der Waals surface area contributed by atoms with E-state index < -0.39 is 34.0 Å². The summed E-state index contributed by atoms with van der Waals surface area (Å²) in [6.07, 6.45) is 3.08. The van der Waals surface area contributed by atoms with Crippen LogP contribution in [0.2, 0.25) is 5.15 Å². The molecule has 0 aliphatic heterocycles. The van der Waals surface area contributed by atoms with Crippen molar-refractivity contribution in [2.45, 2.75) is 13.3 Å². The van der Waals surface area contributed by atoms with E-state index in [-0.39, 0.29) is 33.2 Å². The van der Waals surface area contributed by atoms with E-state index in [0.717, 1.165) is 12.1 Å². The van der Waals surface area contributed by atoms with Crippen LogP contribution in [-0.4, -0.2) is 30.7 Å². The van der Waals surface area contributed by atoms with Crippen molar-refractivity contribution in [1.29, 1.82) is 0 Å². The number of fused-ring (bicyclic) bond motifs is 1.